The first kappa shape index (κ1) is 16.7. The number of nitrogens with one attached hydrogen (secondary N) is 1. The lowest BCUT2D eigenvalue weighted by atomic mass is 10.0. The summed E-state index contributed by atoms with van der Waals surface area (Å²) in [6.07, 6.45) is 1.99. The molecule has 2 aromatic rings. The summed E-state index contributed by atoms with van der Waals surface area (Å²) in [5.74, 6) is -0.113. The van der Waals surface area contributed by atoms with Crippen LogP contribution in [0.15, 0.2) is 47.6 Å². The minimum atomic E-state index is -0.113. The number of anilines is 1. The van der Waals surface area contributed by atoms with Crippen molar-refractivity contribution in [3.05, 3.63) is 64.7 Å². The summed E-state index contributed by atoms with van der Waals surface area (Å²) in [6, 6.07) is 14.1. The third-order valence-electron chi connectivity index (χ3n) is 3.66. The Morgan fingerprint density at radius 1 is 1.13 bits per heavy atom. The summed E-state index contributed by atoms with van der Waals surface area (Å²) in [4.78, 5) is 14.0. The monoisotopic (exact) mass is 309 g/mol. The molecule has 0 fully saturated rings. The van der Waals surface area contributed by atoms with Crippen molar-refractivity contribution in [2.45, 2.75) is 20.3 Å². The van der Waals surface area contributed by atoms with E-state index >= 15 is 0 Å². The van der Waals surface area contributed by atoms with E-state index in [9.17, 15) is 4.79 Å². The van der Waals surface area contributed by atoms with Gasteiger partial charge in [-0.25, -0.2) is 5.43 Å². The van der Waals surface area contributed by atoms with E-state index in [1.165, 1.54) is 5.56 Å². The number of hydrogen-bond acceptors (Lipinski definition) is 3. The van der Waals surface area contributed by atoms with Crippen molar-refractivity contribution < 1.29 is 4.79 Å². The molecule has 0 unspecified atom stereocenters. The van der Waals surface area contributed by atoms with E-state index in [-0.39, 0.29) is 5.91 Å². The summed E-state index contributed by atoms with van der Waals surface area (Å²) in [5, 5.41) is 4.02. The summed E-state index contributed by atoms with van der Waals surface area (Å²) < 4.78 is 0. The maximum absolute atomic E-state index is 12.0. The van der Waals surface area contributed by atoms with Crippen LogP contribution in [0.5, 0.6) is 0 Å². The molecule has 0 aromatic heterocycles. The average Bonchev–Trinajstić information content (AvgIpc) is 2.50. The Hall–Kier alpha value is -2.62. The van der Waals surface area contributed by atoms with Crippen molar-refractivity contribution in [3.63, 3.8) is 0 Å². The molecule has 0 aliphatic carbocycles. The van der Waals surface area contributed by atoms with Crippen LogP contribution in [0.4, 0.5) is 5.69 Å². The lowest BCUT2D eigenvalue weighted by Crippen LogP contribution is -2.20. The highest BCUT2D eigenvalue weighted by Crippen LogP contribution is 2.12. The molecule has 23 heavy (non-hydrogen) atoms. The van der Waals surface area contributed by atoms with E-state index in [0.717, 1.165) is 22.4 Å². The average molecular weight is 309 g/mol. The molecule has 0 bridgehead atoms. The smallest absolute Gasteiger partial charge is 0.244 e. The Bertz CT molecular complexity index is 703. The molecule has 0 saturated heterocycles. The predicted octanol–water partition coefficient (Wildman–Crippen LogP) is 3.06. The number of carbonyl (C=O) groups excluding carboxylic acids is 1. The highest BCUT2D eigenvalue weighted by atomic mass is 16.2. The Morgan fingerprint density at radius 2 is 1.83 bits per heavy atom. The summed E-state index contributed by atoms with van der Waals surface area (Å²) in [7, 11) is 3.99. The van der Waals surface area contributed by atoms with E-state index in [1.54, 1.807) is 6.21 Å². The van der Waals surface area contributed by atoms with Crippen LogP contribution in [-0.4, -0.2) is 26.2 Å². The second-order valence-corrected chi connectivity index (χ2v) is 5.89. The first-order valence-corrected chi connectivity index (χ1v) is 7.61. The SMILES string of the molecule is Cc1ccc(CC(=O)N/N=C\c2ccc(N(C)C)cc2)c(C)c1. The van der Waals surface area contributed by atoms with Crippen molar-refractivity contribution in [3.8, 4) is 0 Å². The molecule has 0 heterocycles. The van der Waals surface area contributed by atoms with Gasteiger partial charge in [0, 0.05) is 19.8 Å². The summed E-state index contributed by atoms with van der Waals surface area (Å²) >= 11 is 0. The van der Waals surface area contributed by atoms with Gasteiger partial charge in [0.2, 0.25) is 5.91 Å². The fourth-order valence-corrected chi connectivity index (χ4v) is 2.29. The Labute approximate surface area is 137 Å². The lowest BCUT2D eigenvalue weighted by molar-refractivity contribution is -0.120. The predicted molar refractivity (Wildman–Crippen MR) is 96.1 cm³/mol. The number of aryl methyl sites for hydroxylation is 2. The molecule has 1 N–H and O–H groups in total. The highest BCUT2D eigenvalue weighted by molar-refractivity contribution is 5.83. The Balaban J connectivity index is 1.90. The first-order valence-electron chi connectivity index (χ1n) is 7.61. The number of amides is 1. The molecule has 120 valence electrons. The number of rotatable bonds is 5. The molecule has 0 radical (unpaired) electrons. The minimum Gasteiger partial charge on any atom is -0.378 e. The fourth-order valence-electron chi connectivity index (χ4n) is 2.29. The summed E-state index contributed by atoms with van der Waals surface area (Å²) in [6.45, 7) is 4.06. The second-order valence-electron chi connectivity index (χ2n) is 5.89. The molecule has 0 spiro atoms. The largest absolute Gasteiger partial charge is 0.378 e. The van der Waals surface area contributed by atoms with E-state index in [2.05, 4.69) is 16.6 Å². The van der Waals surface area contributed by atoms with Crippen LogP contribution in [0.3, 0.4) is 0 Å². The summed E-state index contributed by atoms with van der Waals surface area (Å²) in [5.41, 5.74) is 8.01. The van der Waals surface area contributed by atoms with Gasteiger partial charge in [0.1, 0.15) is 0 Å². The number of benzene rings is 2. The molecular formula is C19H23N3O. The topological polar surface area (TPSA) is 44.7 Å². The van der Waals surface area contributed by atoms with Gasteiger partial charge in [-0.2, -0.15) is 5.10 Å². The van der Waals surface area contributed by atoms with Crippen LogP contribution in [0.1, 0.15) is 22.3 Å². The van der Waals surface area contributed by atoms with Crippen molar-refractivity contribution in [2.24, 2.45) is 5.10 Å². The van der Waals surface area contributed by atoms with E-state index in [1.807, 2.05) is 69.2 Å². The standard InChI is InChI=1S/C19H23N3O/c1-14-5-8-17(15(2)11-14)12-19(23)21-20-13-16-6-9-18(10-7-16)22(3)4/h5-11,13H,12H2,1-4H3,(H,21,23)/b20-13-. The van der Waals surface area contributed by atoms with E-state index in [4.69, 9.17) is 0 Å². The molecule has 2 aromatic carbocycles. The van der Waals surface area contributed by atoms with Gasteiger partial charge in [0.05, 0.1) is 12.6 Å². The second kappa shape index (κ2) is 7.58. The van der Waals surface area contributed by atoms with Gasteiger partial charge < -0.3 is 4.90 Å². The zero-order valence-corrected chi connectivity index (χ0v) is 14.1. The molecule has 0 saturated carbocycles. The highest BCUT2D eigenvalue weighted by Gasteiger charge is 2.05. The molecule has 1 amide bonds. The van der Waals surface area contributed by atoms with Crippen molar-refractivity contribution in [1.29, 1.82) is 0 Å². The normalized spacial score (nSPS) is 10.8. The van der Waals surface area contributed by atoms with Crippen LogP contribution >= 0.6 is 0 Å². The van der Waals surface area contributed by atoms with Crippen LogP contribution in [-0.2, 0) is 11.2 Å². The van der Waals surface area contributed by atoms with Crippen molar-refractivity contribution >= 4 is 17.8 Å². The van der Waals surface area contributed by atoms with Gasteiger partial charge in [-0.15, -0.1) is 0 Å². The lowest BCUT2D eigenvalue weighted by Gasteiger charge is -2.11. The quantitative estimate of drug-likeness (QED) is 0.681. The van der Waals surface area contributed by atoms with E-state index < -0.39 is 0 Å². The van der Waals surface area contributed by atoms with Crippen LogP contribution in [0, 0.1) is 13.8 Å². The third kappa shape index (κ3) is 4.95. The van der Waals surface area contributed by atoms with E-state index in [0.29, 0.717) is 6.42 Å². The Kier molecular flexibility index (Phi) is 5.52. The third-order valence-corrected chi connectivity index (χ3v) is 3.66. The maximum Gasteiger partial charge on any atom is 0.244 e. The van der Waals surface area contributed by atoms with Crippen LogP contribution < -0.4 is 10.3 Å². The molecule has 0 aliphatic heterocycles. The number of hydrogen-bond donors (Lipinski definition) is 1. The van der Waals surface area contributed by atoms with Crippen LogP contribution in [0.2, 0.25) is 0 Å². The van der Waals surface area contributed by atoms with Gasteiger partial charge in [-0.3, -0.25) is 4.79 Å². The zero-order valence-electron chi connectivity index (χ0n) is 14.1. The molecule has 2 rings (SSSR count). The van der Waals surface area contributed by atoms with Gasteiger partial charge in [-0.1, -0.05) is 35.9 Å². The van der Waals surface area contributed by atoms with Crippen LogP contribution in [0.25, 0.3) is 0 Å². The number of nitrogens with zero attached hydrogens (tertiary/aromatic N) is 2. The molecule has 4 nitrogen and oxygen atoms in total. The van der Waals surface area contributed by atoms with Crippen molar-refractivity contribution in [2.75, 3.05) is 19.0 Å². The van der Waals surface area contributed by atoms with Gasteiger partial charge in [-0.05, 0) is 42.7 Å². The zero-order chi connectivity index (χ0) is 16.8. The van der Waals surface area contributed by atoms with Gasteiger partial charge in [0.15, 0.2) is 0 Å². The molecule has 0 aliphatic rings. The first-order chi connectivity index (χ1) is 11.0. The molecular weight excluding hydrogens is 286 g/mol. The number of hydrazone groups is 1. The van der Waals surface area contributed by atoms with Gasteiger partial charge >= 0.3 is 0 Å². The maximum atomic E-state index is 12.0. The van der Waals surface area contributed by atoms with Gasteiger partial charge in [0.25, 0.3) is 0 Å². The minimum absolute atomic E-state index is 0.113. The molecule has 4 heteroatoms. The fraction of sp³-hybridized carbons (Fsp3) is 0.263. The van der Waals surface area contributed by atoms with Crippen molar-refractivity contribution in [1.82, 2.24) is 5.43 Å². The Morgan fingerprint density at radius 3 is 2.43 bits per heavy atom. The number of carbonyl (C=O) groups is 1. The molecule has 0 atom stereocenters.